The van der Waals surface area contributed by atoms with Gasteiger partial charge in [0.25, 0.3) is 0 Å². The van der Waals surface area contributed by atoms with E-state index in [9.17, 15) is 18.0 Å². The average molecular weight is 332 g/mol. The van der Waals surface area contributed by atoms with Crippen LogP contribution < -0.4 is 0 Å². The molecule has 0 saturated carbocycles. The van der Waals surface area contributed by atoms with Crippen LogP contribution in [0.3, 0.4) is 0 Å². The predicted molar refractivity (Wildman–Crippen MR) is 74.0 cm³/mol. The van der Waals surface area contributed by atoms with Crippen molar-refractivity contribution < 1.29 is 22.8 Å². The largest absolute Gasteiger partial charge is 0.492 e. The molecule has 1 aromatic rings. The molecule has 1 N–H and O–H groups in total. The van der Waals surface area contributed by atoms with Gasteiger partial charge in [0, 0.05) is 25.3 Å². The highest BCUT2D eigenvalue weighted by molar-refractivity contribution is 5.75. The molecule has 2 aliphatic heterocycles. The van der Waals surface area contributed by atoms with Gasteiger partial charge in [-0.25, -0.2) is 4.79 Å². The van der Waals surface area contributed by atoms with Crippen LogP contribution in [0.15, 0.2) is 12.3 Å². The maximum absolute atomic E-state index is 12.2. The summed E-state index contributed by atoms with van der Waals surface area (Å²) < 4.78 is 36.6. The molecular formula is C14H19F3N4O2. The van der Waals surface area contributed by atoms with Crippen LogP contribution in [0, 0.1) is 0 Å². The smallest absolute Gasteiger partial charge is 0.361 e. The van der Waals surface area contributed by atoms with Crippen molar-refractivity contribution in [1.29, 1.82) is 0 Å². The van der Waals surface area contributed by atoms with Gasteiger partial charge >= 0.3 is 12.1 Å². The quantitative estimate of drug-likeness (QED) is 0.918. The number of carbonyl (C=O) groups is 1. The van der Waals surface area contributed by atoms with Gasteiger partial charge in [-0.1, -0.05) is 0 Å². The van der Waals surface area contributed by atoms with Gasteiger partial charge in [0.2, 0.25) is 0 Å². The number of hydrogen-bond donors (Lipinski definition) is 1. The number of hydrogen-bond acceptors (Lipinski definition) is 5. The molecule has 3 heterocycles. The zero-order chi connectivity index (χ0) is 16.4. The summed E-state index contributed by atoms with van der Waals surface area (Å²) in [5.74, 6) is -2.15. The molecule has 128 valence electrons. The summed E-state index contributed by atoms with van der Waals surface area (Å²) >= 11 is 0. The molecule has 0 aliphatic carbocycles. The van der Waals surface area contributed by atoms with Crippen LogP contribution in [0.25, 0.3) is 0 Å². The lowest BCUT2D eigenvalue weighted by Crippen LogP contribution is -2.46. The molecule has 2 aliphatic rings. The zero-order valence-corrected chi connectivity index (χ0v) is 12.6. The normalized spacial score (nSPS) is 24.9. The van der Waals surface area contributed by atoms with Crippen molar-refractivity contribution in [2.24, 2.45) is 0 Å². The number of rotatable bonds is 3. The number of nitrogens with one attached hydrogen (secondary N) is 1. The van der Waals surface area contributed by atoms with E-state index >= 15 is 0 Å². The lowest BCUT2D eigenvalue weighted by Gasteiger charge is -2.38. The summed E-state index contributed by atoms with van der Waals surface area (Å²) in [6, 6.07) is 2.53. The number of halogens is 3. The number of nitrogens with zero attached hydrogens (tertiary/aromatic N) is 3. The van der Waals surface area contributed by atoms with Gasteiger partial charge in [-0.05, 0) is 38.3 Å². The molecule has 0 radical (unpaired) electrons. The van der Waals surface area contributed by atoms with Crippen LogP contribution in [0.4, 0.5) is 13.2 Å². The van der Waals surface area contributed by atoms with Gasteiger partial charge in [0.15, 0.2) is 0 Å². The standard InChI is InChI=1S/C14H19F3N4O2/c15-14(16,17)13(22)23-20-8-4-10(5-9-20)21-7-1-2-12(21)11-3-6-18-19-11/h3,6,10,12H,1-2,4-5,7-9H2,(H,18,19). The molecular weight excluding hydrogens is 313 g/mol. The molecule has 9 heteroatoms. The van der Waals surface area contributed by atoms with Gasteiger partial charge in [0.05, 0.1) is 11.7 Å². The van der Waals surface area contributed by atoms with E-state index in [0.717, 1.165) is 30.1 Å². The number of hydroxylamine groups is 2. The molecule has 1 atom stereocenters. The number of aromatic amines is 1. The molecule has 2 fully saturated rings. The number of piperidine rings is 1. The Morgan fingerprint density at radius 3 is 2.61 bits per heavy atom. The molecule has 0 aromatic carbocycles. The third-order valence-electron chi connectivity index (χ3n) is 4.51. The van der Waals surface area contributed by atoms with Crippen molar-refractivity contribution in [3.05, 3.63) is 18.0 Å². The van der Waals surface area contributed by atoms with E-state index in [1.165, 1.54) is 0 Å². The third kappa shape index (κ3) is 3.66. The molecule has 0 bridgehead atoms. The summed E-state index contributed by atoms with van der Waals surface area (Å²) in [6.07, 6.45) is 0.270. The van der Waals surface area contributed by atoms with Crippen LogP contribution >= 0.6 is 0 Å². The second-order valence-corrected chi connectivity index (χ2v) is 5.94. The average Bonchev–Trinajstić information content (AvgIpc) is 3.18. The molecule has 6 nitrogen and oxygen atoms in total. The Morgan fingerprint density at radius 1 is 1.26 bits per heavy atom. The van der Waals surface area contributed by atoms with Gasteiger partial charge in [-0.15, -0.1) is 5.06 Å². The highest BCUT2D eigenvalue weighted by atomic mass is 19.4. The third-order valence-corrected chi connectivity index (χ3v) is 4.51. The predicted octanol–water partition coefficient (Wildman–Crippen LogP) is 2.03. The second-order valence-electron chi connectivity index (χ2n) is 5.94. The Hall–Kier alpha value is -1.61. The number of alkyl halides is 3. The first-order chi connectivity index (χ1) is 10.9. The minimum absolute atomic E-state index is 0.284. The summed E-state index contributed by atoms with van der Waals surface area (Å²) in [4.78, 5) is 17.7. The van der Waals surface area contributed by atoms with Gasteiger partial charge in [0.1, 0.15) is 0 Å². The van der Waals surface area contributed by atoms with Gasteiger partial charge < -0.3 is 4.84 Å². The molecule has 0 amide bonds. The Morgan fingerprint density at radius 2 is 2.00 bits per heavy atom. The van der Waals surface area contributed by atoms with E-state index < -0.39 is 12.1 Å². The SMILES string of the molecule is O=C(ON1CCC(N2CCCC2c2ccn[nH]2)CC1)C(F)(F)F. The van der Waals surface area contributed by atoms with E-state index in [0.29, 0.717) is 25.9 Å². The highest BCUT2D eigenvalue weighted by Crippen LogP contribution is 2.35. The molecule has 1 unspecified atom stereocenters. The van der Waals surface area contributed by atoms with Crippen LogP contribution in [0.2, 0.25) is 0 Å². The van der Waals surface area contributed by atoms with Gasteiger partial charge in [-0.3, -0.25) is 10.00 Å². The molecule has 23 heavy (non-hydrogen) atoms. The molecule has 2 saturated heterocycles. The fourth-order valence-electron chi connectivity index (χ4n) is 3.45. The van der Waals surface area contributed by atoms with Crippen molar-refractivity contribution in [2.75, 3.05) is 19.6 Å². The van der Waals surface area contributed by atoms with Crippen molar-refractivity contribution in [3.8, 4) is 0 Å². The fourth-order valence-corrected chi connectivity index (χ4v) is 3.45. The van der Waals surface area contributed by atoms with Crippen molar-refractivity contribution in [3.63, 3.8) is 0 Å². The lowest BCUT2D eigenvalue weighted by atomic mass is 10.0. The first-order valence-corrected chi connectivity index (χ1v) is 7.74. The Labute approximate surface area is 131 Å². The van der Waals surface area contributed by atoms with Crippen LogP contribution in [-0.2, 0) is 9.63 Å². The highest BCUT2D eigenvalue weighted by Gasteiger charge is 2.43. The summed E-state index contributed by atoms with van der Waals surface area (Å²) in [7, 11) is 0. The van der Waals surface area contributed by atoms with E-state index in [1.807, 2.05) is 6.07 Å². The van der Waals surface area contributed by atoms with E-state index in [4.69, 9.17) is 0 Å². The number of carbonyl (C=O) groups excluding carboxylic acids is 1. The fraction of sp³-hybridized carbons (Fsp3) is 0.714. The Balaban J connectivity index is 1.54. The van der Waals surface area contributed by atoms with Crippen LogP contribution in [-0.4, -0.2) is 58.0 Å². The van der Waals surface area contributed by atoms with Crippen molar-refractivity contribution >= 4 is 5.97 Å². The maximum Gasteiger partial charge on any atom is 0.492 e. The van der Waals surface area contributed by atoms with Crippen LogP contribution in [0.1, 0.15) is 37.4 Å². The molecule has 0 spiro atoms. The van der Waals surface area contributed by atoms with Crippen LogP contribution in [0.5, 0.6) is 0 Å². The minimum atomic E-state index is -4.95. The summed E-state index contributed by atoms with van der Waals surface area (Å²) in [5, 5.41) is 8.11. The molecule has 1 aromatic heterocycles. The monoisotopic (exact) mass is 332 g/mol. The molecule has 3 rings (SSSR count). The first kappa shape index (κ1) is 16.3. The van der Waals surface area contributed by atoms with E-state index in [2.05, 4.69) is 19.9 Å². The number of likely N-dealkylation sites (tertiary alicyclic amines) is 1. The number of aromatic nitrogens is 2. The summed E-state index contributed by atoms with van der Waals surface area (Å²) in [6.45, 7) is 1.61. The first-order valence-electron chi connectivity index (χ1n) is 7.74. The summed E-state index contributed by atoms with van der Waals surface area (Å²) in [5.41, 5.74) is 1.08. The van der Waals surface area contributed by atoms with Crippen molar-refractivity contribution in [2.45, 2.75) is 43.9 Å². The lowest BCUT2D eigenvalue weighted by molar-refractivity contribution is -0.242. The van der Waals surface area contributed by atoms with E-state index in [1.54, 1.807) is 6.20 Å². The van der Waals surface area contributed by atoms with Crippen molar-refractivity contribution in [1.82, 2.24) is 20.2 Å². The number of H-pyrrole nitrogens is 1. The van der Waals surface area contributed by atoms with Gasteiger partial charge in [-0.2, -0.15) is 18.3 Å². The minimum Gasteiger partial charge on any atom is -0.361 e. The maximum atomic E-state index is 12.2. The zero-order valence-electron chi connectivity index (χ0n) is 12.6. The topological polar surface area (TPSA) is 61.5 Å². The van der Waals surface area contributed by atoms with E-state index in [-0.39, 0.29) is 12.1 Å². The second kappa shape index (κ2) is 6.48. The Kier molecular flexibility index (Phi) is 4.58. The Bertz CT molecular complexity index is 527.